The minimum atomic E-state index is -0.100. The lowest BCUT2D eigenvalue weighted by Crippen LogP contribution is -2.05. The molecule has 0 radical (unpaired) electrons. The zero-order chi connectivity index (χ0) is 24.2. The Morgan fingerprint density at radius 2 is 0.583 bits per heavy atom. The normalized spacial score (nSPS) is 24.8. The molecule has 0 saturated carbocycles. The van der Waals surface area contributed by atoms with Gasteiger partial charge in [-0.3, -0.25) is 0 Å². The molecule has 0 N–H and O–H groups in total. The van der Waals surface area contributed by atoms with Crippen molar-refractivity contribution in [1.29, 1.82) is 0 Å². The standard InChI is InChI=1S/C34H36P2/c1-5-13-27(14-6-1)31-21-22-32(28-15-7-2-8-16-28)35(31)25-26-36-33(29-17-9-3-10-18-29)23-24-34(36)30-19-11-4-12-20-30/h1-20,31-34H,21-26H2/t31-,32-,33+,34+. The van der Waals surface area contributed by atoms with E-state index in [2.05, 4.69) is 121 Å². The van der Waals surface area contributed by atoms with Crippen LogP contribution in [0.2, 0.25) is 0 Å². The fraction of sp³-hybridized carbons (Fsp3) is 0.294. The van der Waals surface area contributed by atoms with Gasteiger partial charge in [-0.25, -0.2) is 0 Å². The topological polar surface area (TPSA) is 0 Å². The zero-order valence-electron chi connectivity index (χ0n) is 21.0. The molecule has 6 rings (SSSR count). The van der Waals surface area contributed by atoms with Crippen LogP contribution < -0.4 is 0 Å². The van der Waals surface area contributed by atoms with E-state index in [9.17, 15) is 0 Å². The predicted octanol–water partition coefficient (Wildman–Crippen LogP) is 10.5. The Kier molecular flexibility index (Phi) is 7.65. The highest BCUT2D eigenvalue weighted by Gasteiger charge is 2.41. The van der Waals surface area contributed by atoms with Gasteiger partial charge in [0.05, 0.1) is 0 Å². The lowest BCUT2D eigenvalue weighted by Gasteiger charge is -2.32. The van der Waals surface area contributed by atoms with Crippen molar-refractivity contribution in [1.82, 2.24) is 0 Å². The van der Waals surface area contributed by atoms with Gasteiger partial charge in [-0.1, -0.05) is 137 Å². The Labute approximate surface area is 219 Å². The summed E-state index contributed by atoms with van der Waals surface area (Å²) >= 11 is 0. The van der Waals surface area contributed by atoms with Crippen molar-refractivity contribution in [2.24, 2.45) is 0 Å². The molecule has 0 amide bonds. The van der Waals surface area contributed by atoms with Gasteiger partial charge in [0.1, 0.15) is 0 Å². The molecule has 4 atom stereocenters. The third kappa shape index (κ3) is 5.09. The highest BCUT2D eigenvalue weighted by Crippen LogP contribution is 2.75. The van der Waals surface area contributed by atoms with Crippen LogP contribution in [0.4, 0.5) is 0 Å². The van der Waals surface area contributed by atoms with Crippen LogP contribution in [0.5, 0.6) is 0 Å². The molecule has 4 aromatic carbocycles. The number of hydrogen-bond acceptors (Lipinski definition) is 0. The molecule has 0 nitrogen and oxygen atoms in total. The molecule has 2 saturated heterocycles. The molecule has 0 bridgehead atoms. The molecule has 2 heterocycles. The predicted molar refractivity (Wildman–Crippen MR) is 159 cm³/mol. The fourth-order valence-corrected chi connectivity index (χ4v) is 14.8. The molecule has 2 fully saturated rings. The van der Waals surface area contributed by atoms with Crippen molar-refractivity contribution in [3.8, 4) is 0 Å². The summed E-state index contributed by atoms with van der Waals surface area (Å²) in [5, 5.41) is 0. The summed E-state index contributed by atoms with van der Waals surface area (Å²) in [6.45, 7) is 0. The van der Waals surface area contributed by atoms with Gasteiger partial charge >= 0.3 is 0 Å². The molecule has 2 aliphatic heterocycles. The van der Waals surface area contributed by atoms with Gasteiger partial charge in [0, 0.05) is 22.6 Å². The third-order valence-corrected chi connectivity index (χ3v) is 15.6. The van der Waals surface area contributed by atoms with Gasteiger partial charge < -0.3 is 0 Å². The monoisotopic (exact) mass is 506 g/mol. The summed E-state index contributed by atoms with van der Waals surface area (Å²) in [5.74, 6) is 0. The second-order valence-corrected chi connectivity index (χ2v) is 15.8. The maximum Gasteiger partial charge on any atom is 0.00477 e. The van der Waals surface area contributed by atoms with Crippen molar-refractivity contribution in [2.75, 3.05) is 12.3 Å². The number of hydrogen-bond donors (Lipinski definition) is 0. The molecule has 0 aliphatic carbocycles. The first-order valence-corrected chi connectivity index (χ1v) is 16.9. The van der Waals surface area contributed by atoms with Crippen LogP contribution in [0.3, 0.4) is 0 Å². The van der Waals surface area contributed by atoms with Crippen LogP contribution in [0, 0.1) is 0 Å². The molecule has 182 valence electrons. The van der Waals surface area contributed by atoms with E-state index in [0.29, 0.717) is 0 Å². The van der Waals surface area contributed by atoms with Gasteiger partial charge in [-0.15, -0.1) is 0 Å². The first-order chi connectivity index (χ1) is 17.9. The zero-order valence-corrected chi connectivity index (χ0v) is 22.8. The second kappa shape index (κ2) is 11.4. The van der Waals surface area contributed by atoms with Crippen LogP contribution in [0.15, 0.2) is 121 Å². The van der Waals surface area contributed by atoms with Crippen LogP contribution in [0.25, 0.3) is 0 Å². The van der Waals surface area contributed by atoms with E-state index < -0.39 is 0 Å². The van der Waals surface area contributed by atoms with Gasteiger partial charge in [0.15, 0.2) is 0 Å². The van der Waals surface area contributed by atoms with Crippen molar-refractivity contribution >= 4 is 15.8 Å². The molecule has 0 unspecified atom stereocenters. The lowest BCUT2D eigenvalue weighted by atomic mass is 10.0. The molecular weight excluding hydrogens is 470 g/mol. The quantitative estimate of drug-likeness (QED) is 0.219. The summed E-state index contributed by atoms with van der Waals surface area (Å²) < 4.78 is 0. The summed E-state index contributed by atoms with van der Waals surface area (Å²) in [5.41, 5.74) is 9.31. The van der Waals surface area contributed by atoms with Gasteiger partial charge in [-0.05, 0) is 60.3 Å². The minimum absolute atomic E-state index is 0.100. The molecule has 2 aliphatic rings. The molecular formula is C34H36P2. The first-order valence-electron chi connectivity index (χ1n) is 13.6. The summed E-state index contributed by atoms with van der Waals surface area (Å²) in [7, 11) is -0.201. The minimum Gasteiger partial charge on any atom is -0.0910 e. The highest BCUT2D eigenvalue weighted by atomic mass is 31.1. The van der Waals surface area contributed by atoms with E-state index in [-0.39, 0.29) is 15.8 Å². The molecule has 0 aromatic heterocycles. The largest absolute Gasteiger partial charge is 0.0910 e. The van der Waals surface area contributed by atoms with Gasteiger partial charge in [-0.2, -0.15) is 0 Å². The van der Waals surface area contributed by atoms with Gasteiger partial charge in [0.25, 0.3) is 0 Å². The number of rotatable bonds is 7. The Morgan fingerprint density at radius 1 is 0.361 bits per heavy atom. The summed E-state index contributed by atoms with van der Waals surface area (Å²) in [4.78, 5) is 0. The molecule has 0 spiro atoms. The van der Waals surface area contributed by atoms with Crippen molar-refractivity contribution in [3.05, 3.63) is 144 Å². The van der Waals surface area contributed by atoms with E-state index >= 15 is 0 Å². The van der Waals surface area contributed by atoms with Crippen molar-refractivity contribution in [3.63, 3.8) is 0 Å². The average molecular weight is 507 g/mol. The van der Waals surface area contributed by atoms with Crippen molar-refractivity contribution in [2.45, 2.75) is 48.3 Å². The molecule has 2 heteroatoms. The lowest BCUT2D eigenvalue weighted by molar-refractivity contribution is 0.765. The van der Waals surface area contributed by atoms with Crippen LogP contribution in [-0.2, 0) is 0 Å². The Balaban J connectivity index is 1.30. The maximum absolute atomic E-state index is 2.40. The van der Waals surface area contributed by atoms with E-state index in [1.54, 1.807) is 22.3 Å². The average Bonchev–Trinajstić information content (AvgIpc) is 3.58. The highest BCUT2D eigenvalue weighted by molar-refractivity contribution is 7.62. The van der Waals surface area contributed by atoms with E-state index in [1.807, 2.05) is 0 Å². The smallest absolute Gasteiger partial charge is 0.00477 e. The summed E-state index contributed by atoms with van der Waals surface area (Å²) in [6, 6.07) is 45.8. The first kappa shape index (κ1) is 24.1. The van der Waals surface area contributed by atoms with Crippen LogP contribution in [0.1, 0.15) is 70.6 Å². The Morgan fingerprint density at radius 3 is 0.806 bits per heavy atom. The molecule has 36 heavy (non-hydrogen) atoms. The molecule has 4 aromatic rings. The number of benzene rings is 4. The van der Waals surface area contributed by atoms with Gasteiger partial charge in [0.2, 0.25) is 0 Å². The Bertz CT molecular complexity index is 1020. The van der Waals surface area contributed by atoms with Crippen LogP contribution in [-0.4, -0.2) is 12.3 Å². The third-order valence-electron chi connectivity index (χ3n) is 8.38. The Hall–Kier alpha value is -2.26. The van der Waals surface area contributed by atoms with E-state index in [0.717, 1.165) is 22.6 Å². The van der Waals surface area contributed by atoms with E-state index in [4.69, 9.17) is 0 Å². The maximum atomic E-state index is 2.40. The SMILES string of the molecule is c1ccc([C@H]2CC[C@H](c3ccccc3)P2CCP2[C@H](c3ccccc3)CC[C@H]2c2ccccc2)cc1. The second-order valence-electron chi connectivity index (χ2n) is 10.3. The van der Waals surface area contributed by atoms with Crippen molar-refractivity contribution < 1.29 is 0 Å². The van der Waals surface area contributed by atoms with Crippen LogP contribution >= 0.6 is 15.8 Å². The fourth-order valence-electron chi connectivity index (χ4n) is 6.72. The summed E-state index contributed by atoms with van der Waals surface area (Å²) in [6.07, 6.45) is 8.20. The van der Waals surface area contributed by atoms with E-state index in [1.165, 1.54) is 38.0 Å².